The number of aryl methyl sites for hydroxylation is 1. The minimum Gasteiger partial charge on any atom is -0.444 e. The summed E-state index contributed by atoms with van der Waals surface area (Å²) in [5, 5.41) is 15.0. The molecule has 36 heavy (non-hydrogen) atoms. The summed E-state index contributed by atoms with van der Waals surface area (Å²) >= 11 is 0. The average molecular weight is 497 g/mol. The summed E-state index contributed by atoms with van der Waals surface area (Å²) < 4.78 is 5.24. The SMILES string of the molecule is Cc1cc(NC(=O)C(=O)N2C[C@@H](C)CC[C@@H]2c2ccc(C(C)O)cc2)cnc1NC(=O)OC(C)(C)C. The highest BCUT2D eigenvalue weighted by molar-refractivity contribution is 6.39. The van der Waals surface area contributed by atoms with Crippen LogP contribution < -0.4 is 10.6 Å². The standard InChI is InChI=1S/C27H36N4O5/c1-16-7-12-22(20-10-8-19(9-11-20)18(3)32)31(15-16)25(34)24(33)29-21-13-17(2)23(28-14-21)30-26(35)36-27(4,5)6/h8-11,13-14,16,18,22,32H,7,12,15H2,1-6H3,(H,29,33)(H,28,30,35)/t16-,18?,22+/m0/s1. The van der Waals surface area contributed by atoms with Crippen LogP contribution in [0.5, 0.6) is 0 Å². The van der Waals surface area contributed by atoms with E-state index >= 15 is 0 Å². The van der Waals surface area contributed by atoms with Crippen LogP contribution in [0.15, 0.2) is 36.5 Å². The molecule has 1 fully saturated rings. The molecule has 9 heteroatoms. The summed E-state index contributed by atoms with van der Waals surface area (Å²) in [5.74, 6) is -0.778. The predicted molar refractivity (Wildman–Crippen MR) is 137 cm³/mol. The molecule has 0 radical (unpaired) electrons. The molecule has 1 aromatic heterocycles. The Morgan fingerprint density at radius 1 is 1.14 bits per heavy atom. The lowest BCUT2D eigenvalue weighted by Crippen LogP contribution is -2.46. The third-order valence-corrected chi connectivity index (χ3v) is 6.03. The van der Waals surface area contributed by atoms with Crippen LogP contribution in [0, 0.1) is 12.8 Å². The minimum atomic E-state index is -0.747. The maximum absolute atomic E-state index is 13.2. The molecule has 1 aliphatic rings. The van der Waals surface area contributed by atoms with Gasteiger partial charge in [-0.25, -0.2) is 9.78 Å². The Labute approximate surface area is 212 Å². The molecular formula is C27H36N4O5. The van der Waals surface area contributed by atoms with Gasteiger partial charge in [-0.3, -0.25) is 14.9 Å². The summed E-state index contributed by atoms with van der Waals surface area (Å²) in [7, 11) is 0. The first-order valence-corrected chi connectivity index (χ1v) is 12.2. The smallest absolute Gasteiger partial charge is 0.413 e. The van der Waals surface area contributed by atoms with Crippen molar-refractivity contribution in [3.05, 3.63) is 53.2 Å². The number of hydrogen-bond donors (Lipinski definition) is 3. The first-order chi connectivity index (χ1) is 16.8. The van der Waals surface area contributed by atoms with Crippen molar-refractivity contribution in [2.24, 2.45) is 5.92 Å². The predicted octanol–water partition coefficient (Wildman–Crippen LogP) is 4.73. The number of hydrogen-bond acceptors (Lipinski definition) is 6. The third-order valence-electron chi connectivity index (χ3n) is 6.03. The molecule has 0 spiro atoms. The summed E-state index contributed by atoms with van der Waals surface area (Å²) in [5.41, 5.74) is 2.04. The van der Waals surface area contributed by atoms with Crippen molar-refractivity contribution in [3.8, 4) is 0 Å². The van der Waals surface area contributed by atoms with Crippen molar-refractivity contribution >= 4 is 29.4 Å². The lowest BCUT2D eigenvalue weighted by atomic mass is 9.89. The van der Waals surface area contributed by atoms with E-state index in [0.717, 1.165) is 24.0 Å². The van der Waals surface area contributed by atoms with Crippen molar-refractivity contribution in [1.29, 1.82) is 0 Å². The molecule has 3 atom stereocenters. The fourth-order valence-corrected chi connectivity index (χ4v) is 4.21. The summed E-state index contributed by atoms with van der Waals surface area (Å²) in [4.78, 5) is 44.0. The number of pyridine rings is 1. The van der Waals surface area contributed by atoms with Crippen molar-refractivity contribution < 1.29 is 24.2 Å². The van der Waals surface area contributed by atoms with Gasteiger partial charge in [-0.05, 0) is 76.1 Å². The number of rotatable bonds is 4. The topological polar surface area (TPSA) is 121 Å². The van der Waals surface area contributed by atoms with E-state index in [1.165, 1.54) is 6.20 Å². The number of nitrogens with one attached hydrogen (secondary N) is 2. The second-order valence-electron chi connectivity index (χ2n) is 10.5. The zero-order valence-corrected chi connectivity index (χ0v) is 21.8. The molecule has 1 saturated heterocycles. The molecule has 9 nitrogen and oxygen atoms in total. The molecular weight excluding hydrogens is 460 g/mol. The lowest BCUT2D eigenvalue weighted by Gasteiger charge is -2.38. The quantitative estimate of drug-likeness (QED) is 0.526. The van der Waals surface area contributed by atoms with Crippen LogP contribution in [0.2, 0.25) is 0 Å². The van der Waals surface area contributed by atoms with Crippen molar-refractivity contribution in [2.45, 2.75) is 72.1 Å². The van der Waals surface area contributed by atoms with Crippen LogP contribution >= 0.6 is 0 Å². The first kappa shape index (κ1) is 27.1. The number of amides is 3. The summed E-state index contributed by atoms with van der Waals surface area (Å²) in [6.07, 6.45) is 1.88. The van der Waals surface area contributed by atoms with Gasteiger partial charge in [0.1, 0.15) is 11.4 Å². The molecule has 2 aromatic rings. The lowest BCUT2D eigenvalue weighted by molar-refractivity contribution is -0.146. The molecule has 1 aromatic carbocycles. The van der Waals surface area contributed by atoms with Gasteiger partial charge in [-0.1, -0.05) is 31.2 Å². The van der Waals surface area contributed by atoms with Gasteiger partial charge >= 0.3 is 17.9 Å². The highest BCUT2D eigenvalue weighted by Gasteiger charge is 2.34. The monoisotopic (exact) mass is 496 g/mol. The number of carbonyl (C=O) groups is 3. The molecule has 1 unspecified atom stereocenters. The van der Waals surface area contributed by atoms with Crippen molar-refractivity contribution in [3.63, 3.8) is 0 Å². The van der Waals surface area contributed by atoms with E-state index in [9.17, 15) is 19.5 Å². The fourth-order valence-electron chi connectivity index (χ4n) is 4.21. The molecule has 2 heterocycles. The number of aromatic nitrogens is 1. The minimum absolute atomic E-state index is 0.220. The van der Waals surface area contributed by atoms with E-state index in [2.05, 4.69) is 22.5 Å². The van der Waals surface area contributed by atoms with Crippen LogP contribution in [0.3, 0.4) is 0 Å². The largest absolute Gasteiger partial charge is 0.444 e. The normalized spacial score (nSPS) is 18.8. The van der Waals surface area contributed by atoms with Gasteiger partial charge in [0.05, 0.1) is 24.0 Å². The van der Waals surface area contributed by atoms with Gasteiger partial charge < -0.3 is 20.1 Å². The zero-order valence-electron chi connectivity index (χ0n) is 21.8. The Morgan fingerprint density at radius 2 is 1.81 bits per heavy atom. The van der Waals surface area contributed by atoms with E-state index in [1.54, 1.807) is 45.6 Å². The van der Waals surface area contributed by atoms with Crippen molar-refractivity contribution in [1.82, 2.24) is 9.88 Å². The Balaban J connectivity index is 1.71. The van der Waals surface area contributed by atoms with E-state index in [4.69, 9.17) is 4.74 Å². The fraction of sp³-hybridized carbons (Fsp3) is 0.481. The van der Waals surface area contributed by atoms with Crippen LogP contribution in [0.4, 0.5) is 16.3 Å². The van der Waals surface area contributed by atoms with Crippen LogP contribution in [0.25, 0.3) is 0 Å². The van der Waals surface area contributed by atoms with Crippen LogP contribution in [-0.4, -0.2) is 45.0 Å². The van der Waals surface area contributed by atoms with E-state index in [0.29, 0.717) is 23.6 Å². The highest BCUT2D eigenvalue weighted by Crippen LogP contribution is 2.34. The number of likely N-dealkylation sites (tertiary alicyclic amines) is 1. The van der Waals surface area contributed by atoms with Gasteiger partial charge in [0.15, 0.2) is 0 Å². The Morgan fingerprint density at radius 3 is 2.39 bits per heavy atom. The van der Waals surface area contributed by atoms with E-state index in [-0.39, 0.29) is 12.0 Å². The number of anilines is 2. The molecule has 194 valence electrons. The Kier molecular flexibility index (Phi) is 8.35. The van der Waals surface area contributed by atoms with E-state index in [1.807, 2.05) is 24.3 Å². The second-order valence-corrected chi connectivity index (χ2v) is 10.5. The first-order valence-electron chi connectivity index (χ1n) is 12.2. The number of piperidine rings is 1. The zero-order chi connectivity index (χ0) is 26.6. The third kappa shape index (κ3) is 7.04. The Hall–Kier alpha value is -3.46. The number of ether oxygens (including phenoxy) is 1. The molecule has 0 saturated carbocycles. The molecule has 1 aliphatic heterocycles. The average Bonchev–Trinajstić information content (AvgIpc) is 2.79. The van der Waals surface area contributed by atoms with Gasteiger partial charge in [0.2, 0.25) is 0 Å². The van der Waals surface area contributed by atoms with Crippen LogP contribution in [-0.2, 0) is 14.3 Å². The highest BCUT2D eigenvalue weighted by atomic mass is 16.6. The maximum Gasteiger partial charge on any atom is 0.413 e. The number of benzene rings is 1. The van der Waals surface area contributed by atoms with Gasteiger partial charge in [0.25, 0.3) is 0 Å². The summed E-state index contributed by atoms with van der Waals surface area (Å²) in [6, 6.07) is 8.93. The molecule has 3 amide bonds. The second kappa shape index (κ2) is 11.1. The van der Waals surface area contributed by atoms with Crippen LogP contribution in [0.1, 0.15) is 76.3 Å². The molecule has 3 rings (SSSR count). The molecule has 0 aliphatic carbocycles. The Bertz CT molecular complexity index is 1110. The van der Waals surface area contributed by atoms with Crippen molar-refractivity contribution in [2.75, 3.05) is 17.2 Å². The van der Waals surface area contributed by atoms with E-state index < -0.39 is 29.6 Å². The van der Waals surface area contributed by atoms with Gasteiger partial charge in [-0.2, -0.15) is 0 Å². The number of aliphatic hydroxyl groups excluding tert-OH is 1. The summed E-state index contributed by atoms with van der Waals surface area (Å²) in [6.45, 7) is 11.3. The van der Waals surface area contributed by atoms with Gasteiger partial charge in [0, 0.05) is 6.54 Å². The van der Waals surface area contributed by atoms with Gasteiger partial charge in [-0.15, -0.1) is 0 Å². The number of carbonyl (C=O) groups excluding carboxylic acids is 3. The molecule has 3 N–H and O–H groups in total. The molecule has 0 bridgehead atoms. The maximum atomic E-state index is 13.2. The number of nitrogens with zero attached hydrogens (tertiary/aromatic N) is 2. The number of aliphatic hydroxyl groups is 1.